The van der Waals surface area contributed by atoms with Gasteiger partial charge in [-0.3, -0.25) is 4.79 Å². The molecule has 0 aliphatic rings. The molecule has 0 saturated heterocycles. The van der Waals surface area contributed by atoms with Crippen LogP contribution in [0.5, 0.6) is 0 Å². The summed E-state index contributed by atoms with van der Waals surface area (Å²) in [5.41, 5.74) is 0.591. The van der Waals surface area contributed by atoms with Crippen LogP contribution in [-0.2, 0) is 14.3 Å². The Labute approximate surface area is 105 Å². The molecule has 4 heteroatoms. The van der Waals surface area contributed by atoms with E-state index in [1.807, 2.05) is 0 Å². The quantitative estimate of drug-likeness (QED) is 0.609. The van der Waals surface area contributed by atoms with Crippen LogP contribution < -0.4 is 0 Å². The molecule has 0 aromatic heterocycles. The second-order valence-electron chi connectivity index (χ2n) is 4.11. The predicted octanol–water partition coefficient (Wildman–Crippen LogP) is 2.61. The van der Waals surface area contributed by atoms with E-state index >= 15 is 0 Å². The Morgan fingerprint density at radius 1 is 1.22 bits per heavy atom. The first-order valence-electron chi connectivity index (χ1n) is 5.55. The molecule has 0 N–H and O–H groups in total. The molecule has 3 nitrogen and oxygen atoms in total. The number of halogens is 1. The second kappa shape index (κ2) is 6.10. The third-order valence-electron chi connectivity index (χ3n) is 2.42. The Morgan fingerprint density at radius 2 is 1.78 bits per heavy atom. The van der Waals surface area contributed by atoms with Gasteiger partial charge < -0.3 is 4.74 Å². The van der Waals surface area contributed by atoms with E-state index in [-0.39, 0.29) is 17.3 Å². The zero-order chi connectivity index (χ0) is 13.7. The summed E-state index contributed by atoms with van der Waals surface area (Å²) in [5, 5.41) is 0. The summed E-state index contributed by atoms with van der Waals surface area (Å²) in [6, 6.07) is 5.33. The molecule has 0 heterocycles. The molecule has 0 atom stereocenters. The summed E-state index contributed by atoms with van der Waals surface area (Å²) in [6.45, 7) is 3.47. The van der Waals surface area contributed by atoms with Crippen molar-refractivity contribution in [3.05, 3.63) is 41.7 Å². The average Bonchev–Trinajstić information content (AvgIpc) is 2.35. The van der Waals surface area contributed by atoms with Gasteiger partial charge in [-0.1, -0.05) is 26.0 Å². The van der Waals surface area contributed by atoms with E-state index in [2.05, 4.69) is 4.74 Å². The van der Waals surface area contributed by atoms with Crippen LogP contribution in [0.2, 0.25) is 0 Å². The summed E-state index contributed by atoms with van der Waals surface area (Å²) in [4.78, 5) is 23.3. The van der Waals surface area contributed by atoms with Crippen LogP contribution in [0.4, 0.5) is 4.39 Å². The monoisotopic (exact) mass is 250 g/mol. The maximum atomic E-state index is 12.8. The molecule has 0 unspecified atom stereocenters. The standard InChI is InChI=1S/C14H15FO3/c1-9(2)13(16)8-12(14(17)18-3)10-4-6-11(15)7-5-10/h4-9H,1-3H3. The van der Waals surface area contributed by atoms with Crippen LogP contribution in [-0.4, -0.2) is 18.9 Å². The Kier molecular flexibility index (Phi) is 4.77. The summed E-state index contributed by atoms with van der Waals surface area (Å²) in [5.74, 6) is -1.42. The number of esters is 1. The predicted molar refractivity (Wildman–Crippen MR) is 66.2 cm³/mol. The fourth-order valence-electron chi connectivity index (χ4n) is 1.31. The topological polar surface area (TPSA) is 43.4 Å². The van der Waals surface area contributed by atoms with Gasteiger partial charge in [0.15, 0.2) is 5.78 Å². The van der Waals surface area contributed by atoms with Crippen LogP contribution in [0.1, 0.15) is 19.4 Å². The van der Waals surface area contributed by atoms with Gasteiger partial charge in [-0.15, -0.1) is 0 Å². The summed E-state index contributed by atoms with van der Waals surface area (Å²) >= 11 is 0. The molecule has 1 rings (SSSR count). The lowest BCUT2D eigenvalue weighted by Gasteiger charge is -2.06. The molecule has 0 radical (unpaired) electrons. The minimum Gasteiger partial charge on any atom is -0.465 e. The van der Waals surface area contributed by atoms with Crippen molar-refractivity contribution in [1.82, 2.24) is 0 Å². The lowest BCUT2D eigenvalue weighted by Crippen LogP contribution is -2.09. The maximum Gasteiger partial charge on any atom is 0.338 e. The second-order valence-corrected chi connectivity index (χ2v) is 4.11. The molecule has 96 valence electrons. The molecule has 0 aliphatic heterocycles. The van der Waals surface area contributed by atoms with E-state index in [9.17, 15) is 14.0 Å². The molecule has 0 bridgehead atoms. The zero-order valence-electron chi connectivity index (χ0n) is 10.6. The van der Waals surface area contributed by atoms with Gasteiger partial charge in [0.25, 0.3) is 0 Å². The van der Waals surface area contributed by atoms with Crippen LogP contribution in [0, 0.1) is 11.7 Å². The summed E-state index contributed by atoms with van der Waals surface area (Å²) in [7, 11) is 1.24. The summed E-state index contributed by atoms with van der Waals surface area (Å²) in [6.07, 6.45) is 1.24. The number of allylic oxidation sites excluding steroid dienone is 1. The fraction of sp³-hybridized carbons (Fsp3) is 0.286. The van der Waals surface area contributed by atoms with Crippen molar-refractivity contribution in [2.45, 2.75) is 13.8 Å². The van der Waals surface area contributed by atoms with E-state index < -0.39 is 11.8 Å². The number of ether oxygens (including phenoxy) is 1. The SMILES string of the molecule is COC(=O)C(=CC(=O)C(C)C)c1ccc(F)cc1. The maximum absolute atomic E-state index is 12.8. The Morgan fingerprint density at radius 3 is 2.22 bits per heavy atom. The molecular formula is C14H15FO3. The van der Waals surface area contributed by atoms with Crippen molar-refractivity contribution in [3.8, 4) is 0 Å². The number of methoxy groups -OCH3 is 1. The van der Waals surface area contributed by atoms with Gasteiger partial charge in [0, 0.05) is 5.92 Å². The smallest absolute Gasteiger partial charge is 0.338 e. The zero-order valence-corrected chi connectivity index (χ0v) is 10.6. The van der Waals surface area contributed by atoms with E-state index in [0.29, 0.717) is 5.56 Å². The van der Waals surface area contributed by atoms with Crippen molar-refractivity contribution in [2.75, 3.05) is 7.11 Å². The van der Waals surface area contributed by atoms with Crippen molar-refractivity contribution in [3.63, 3.8) is 0 Å². The van der Waals surface area contributed by atoms with Gasteiger partial charge in [-0.05, 0) is 23.8 Å². The first-order valence-corrected chi connectivity index (χ1v) is 5.55. The van der Waals surface area contributed by atoms with Crippen LogP contribution >= 0.6 is 0 Å². The van der Waals surface area contributed by atoms with Gasteiger partial charge in [0.1, 0.15) is 5.82 Å². The molecule has 0 spiro atoms. The molecule has 0 fully saturated rings. The highest BCUT2D eigenvalue weighted by molar-refractivity contribution is 6.21. The van der Waals surface area contributed by atoms with Crippen molar-refractivity contribution >= 4 is 17.3 Å². The Balaban J connectivity index is 3.18. The lowest BCUT2D eigenvalue weighted by atomic mass is 10.0. The first-order chi connectivity index (χ1) is 8.45. The highest BCUT2D eigenvalue weighted by atomic mass is 19.1. The molecule has 0 amide bonds. The Bertz CT molecular complexity index is 472. The number of carbonyl (C=O) groups is 2. The van der Waals surface area contributed by atoms with E-state index in [1.165, 1.54) is 37.5 Å². The largest absolute Gasteiger partial charge is 0.465 e. The highest BCUT2D eigenvalue weighted by Crippen LogP contribution is 2.17. The minimum absolute atomic E-state index is 0.135. The van der Waals surface area contributed by atoms with Crippen molar-refractivity contribution in [2.24, 2.45) is 5.92 Å². The van der Waals surface area contributed by atoms with Crippen LogP contribution in [0.25, 0.3) is 5.57 Å². The van der Waals surface area contributed by atoms with Crippen LogP contribution in [0.15, 0.2) is 30.3 Å². The normalized spacial score (nSPS) is 11.5. The minimum atomic E-state index is -0.615. The van der Waals surface area contributed by atoms with Crippen LogP contribution in [0.3, 0.4) is 0 Å². The fourth-order valence-corrected chi connectivity index (χ4v) is 1.31. The number of hydrogen-bond acceptors (Lipinski definition) is 3. The van der Waals surface area contributed by atoms with Gasteiger partial charge in [0.2, 0.25) is 0 Å². The number of carbonyl (C=O) groups excluding carboxylic acids is 2. The Hall–Kier alpha value is -1.97. The number of rotatable bonds is 4. The van der Waals surface area contributed by atoms with E-state index in [0.717, 1.165) is 0 Å². The molecule has 18 heavy (non-hydrogen) atoms. The lowest BCUT2D eigenvalue weighted by molar-refractivity contribution is -0.134. The number of ketones is 1. The first kappa shape index (κ1) is 14.1. The van der Waals surface area contributed by atoms with Gasteiger partial charge in [0.05, 0.1) is 12.7 Å². The third-order valence-corrected chi connectivity index (χ3v) is 2.42. The van der Waals surface area contributed by atoms with E-state index in [1.54, 1.807) is 13.8 Å². The molecular weight excluding hydrogens is 235 g/mol. The highest BCUT2D eigenvalue weighted by Gasteiger charge is 2.15. The van der Waals surface area contributed by atoms with Crippen molar-refractivity contribution < 1.29 is 18.7 Å². The molecule has 0 aliphatic carbocycles. The summed E-state index contributed by atoms with van der Waals surface area (Å²) < 4.78 is 17.4. The average molecular weight is 250 g/mol. The third kappa shape index (κ3) is 3.52. The van der Waals surface area contributed by atoms with Crippen molar-refractivity contribution in [1.29, 1.82) is 0 Å². The number of benzene rings is 1. The number of hydrogen-bond donors (Lipinski definition) is 0. The molecule has 1 aromatic rings. The van der Waals surface area contributed by atoms with Gasteiger partial charge >= 0.3 is 5.97 Å². The molecule has 1 aromatic carbocycles. The van der Waals surface area contributed by atoms with Gasteiger partial charge in [-0.2, -0.15) is 0 Å². The van der Waals surface area contributed by atoms with Gasteiger partial charge in [-0.25, -0.2) is 9.18 Å². The van der Waals surface area contributed by atoms with E-state index in [4.69, 9.17) is 0 Å². The molecule has 0 saturated carbocycles.